The third kappa shape index (κ3) is 5.54. The van der Waals surface area contributed by atoms with Crippen LogP contribution in [0.5, 0.6) is 5.75 Å². The first-order valence-electron chi connectivity index (χ1n) is 11.1. The molecule has 0 fully saturated rings. The highest BCUT2D eigenvalue weighted by molar-refractivity contribution is 5.81. The predicted molar refractivity (Wildman–Crippen MR) is 138 cm³/mol. The molecule has 0 atom stereocenters. The van der Waals surface area contributed by atoms with Gasteiger partial charge in [0.2, 0.25) is 6.79 Å². The molecule has 4 heteroatoms. The van der Waals surface area contributed by atoms with E-state index in [2.05, 4.69) is 98.1 Å². The fourth-order valence-corrected chi connectivity index (χ4v) is 3.60. The van der Waals surface area contributed by atoms with Crippen molar-refractivity contribution in [3.63, 3.8) is 0 Å². The number of nitrogens with zero attached hydrogens (tertiary/aromatic N) is 1. The van der Waals surface area contributed by atoms with Crippen LogP contribution < -0.4 is 9.64 Å². The Morgan fingerprint density at radius 2 is 1.12 bits per heavy atom. The maximum Gasteiger partial charge on any atom is 0.333 e. The Morgan fingerprint density at radius 1 is 0.706 bits per heavy atom. The van der Waals surface area contributed by atoms with E-state index in [-0.39, 0.29) is 6.79 Å². The highest BCUT2D eigenvalue weighted by Crippen LogP contribution is 2.36. The quantitative estimate of drug-likeness (QED) is 0.159. The summed E-state index contributed by atoms with van der Waals surface area (Å²) in [4.78, 5) is 13.4. The molecule has 0 saturated heterocycles. The Kier molecular flexibility index (Phi) is 7.09. The Morgan fingerprint density at radius 3 is 1.56 bits per heavy atom. The van der Waals surface area contributed by atoms with Gasteiger partial charge in [0, 0.05) is 23.1 Å². The molecule has 0 saturated carbocycles. The monoisotopic (exact) mass is 449 g/mol. The van der Waals surface area contributed by atoms with Crippen LogP contribution in [0, 0.1) is 13.8 Å². The molecule has 0 aliphatic carbocycles. The zero-order valence-electron chi connectivity index (χ0n) is 19.4. The normalized spacial score (nSPS) is 10.4. The van der Waals surface area contributed by atoms with Crippen molar-refractivity contribution in [3.8, 4) is 16.9 Å². The molecule has 4 aromatic carbocycles. The minimum absolute atomic E-state index is 0.146. The van der Waals surface area contributed by atoms with Crippen LogP contribution in [0.4, 0.5) is 17.1 Å². The number of anilines is 3. The van der Waals surface area contributed by atoms with Crippen molar-refractivity contribution in [3.05, 3.63) is 121 Å². The average Bonchev–Trinajstić information content (AvgIpc) is 2.87. The molecule has 0 radical (unpaired) electrons. The standard InChI is InChI=1S/C30H27NO3/c1-4-30(32)34-21-33-29-19-11-25(12-20-29)24-9-17-28(18-10-24)31(26-13-5-22(2)6-14-26)27-15-7-23(3)8-16-27/h4-20H,1,21H2,2-3H3. The lowest BCUT2D eigenvalue weighted by atomic mass is 10.0. The first-order valence-corrected chi connectivity index (χ1v) is 11.1. The molecule has 4 rings (SSSR count). The van der Waals surface area contributed by atoms with E-state index in [0.29, 0.717) is 5.75 Å². The van der Waals surface area contributed by atoms with Gasteiger partial charge in [0.15, 0.2) is 0 Å². The number of hydrogen-bond acceptors (Lipinski definition) is 4. The number of carbonyl (C=O) groups is 1. The SMILES string of the molecule is C=CC(=O)OCOc1ccc(-c2ccc(N(c3ccc(C)cc3)c3ccc(C)cc3)cc2)cc1. The van der Waals surface area contributed by atoms with E-state index in [0.717, 1.165) is 34.3 Å². The van der Waals surface area contributed by atoms with Crippen LogP contribution in [0.25, 0.3) is 11.1 Å². The summed E-state index contributed by atoms with van der Waals surface area (Å²) in [5.74, 6) is 0.115. The number of hydrogen-bond donors (Lipinski definition) is 0. The number of carbonyl (C=O) groups excluding carboxylic acids is 1. The lowest BCUT2D eigenvalue weighted by molar-refractivity contribution is -0.144. The van der Waals surface area contributed by atoms with Crippen molar-refractivity contribution < 1.29 is 14.3 Å². The predicted octanol–water partition coefficient (Wildman–Crippen LogP) is 7.51. The molecule has 34 heavy (non-hydrogen) atoms. The Labute approximate surface area is 200 Å². The lowest BCUT2D eigenvalue weighted by Gasteiger charge is -2.26. The van der Waals surface area contributed by atoms with Gasteiger partial charge in [-0.1, -0.05) is 66.2 Å². The van der Waals surface area contributed by atoms with Gasteiger partial charge in [-0.15, -0.1) is 0 Å². The van der Waals surface area contributed by atoms with Crippen molar-refractivity contribution in [1.29, 1.82) is 0 Å². The van der Waals surface area contributed by atoms with Crippen LogP contribution in [0.2, 0.25) is 0 Å². The smallest absolute Gasteiger partial charge is 0.333 e. The third-order valence-corrected chi connectivity index (χ3v) is 5.49. The second-order valence-electron chi connectivity index (χ2n) is 8.01. The minimum atomic E-state index is -0.512. The van der Waals surface area contributed by atoms with Crippen LogP contribution in [-0.2, 0) is 9.53 Å². The Bertz CT molecular complexity index is 1200. The number of ether oxygens (including phenoxy) is 2. The van der Waals surface area contributed by atoms with Gasteiger partial charge in [0.05, 0.1) is 0 Å². The van der Waals surface area contributed by atoms with Gasteiger partial charge in [0.25, 0.3) is 0 Å². The summed E-state index contributed by atoms with van der Waals surface area (Å²) in [5.41, 5.74) is 7.94. The largest absolute Gasteiger partial charge is 0.457 e. The summed E-state index contributed by atoms with van der Waals surface area (Å²) in [6.45, 7) is 7.40. The van der Waals surface area contributed by atoms with Crippen molar-refractivity contribution in [2.45, 2.75) is 13.8 Å². The van der Waals surface area contributed by atoms with E-state index in [1.54, 1.807) is 0 Å². The van der Waals surface area contributed by atoms with Gasteiger partial charge in [-0.05, 0) is 73.5 Å². The topological polar surface area (TPSA) is 38.8 Å². The van der Waals surface area contributed by atoms with Crippen molar-refractivity contribution in [2.75, 3.05) is 11.7 Å². The molecule has 4 nitrogen and oxygen atoms in total. The maximum absolute atomic E-state index is 11.1. The van der Waals surface area contributed by atoms with Crippen LogP contribution in [0.1, 0.15) is 11.1 Å². The summed E-state index contributed by atoms with van der Waals surface area (Å²) in [6, 6.07) is 33.3. The zero-order chi connectivity index (χ0) is 23.9. The molecule has 170 valence electrons. The van der Waals surface area contributed by atoms with E-state index in [4.69, 9.17) is 9.47 Å². The molecule has 0 unspecified atom stereocenters. The van der Waals surface area contributed by atoms with E-state index in [9.17, 15) is 4.79 Å². The summed E-state index contributed by atoms with van der Waals surface area (Å²) in [6.07, 6.45) is 1.11. The summed E-state index contributed by atoms with van der Waals surface area (Å²) >= 11 is 0. The fraction of sp³-hybridized carbons (Fsp3) is 0.100. The number of aryl methyl sites for hydroxylation is 2. The van der Waals surface area contributed by atoms with Gasteiger partial charge >= 0.3 is 5.97 Å². The zero-order valence-corrected chi connectivity index (χ0v) is 19.4. The summed E-state index contributed by atoms with van der Waals surface area (Å²) in [5, 5.41) is 0. The van der Waals surface area contributed by atoms with Crippen LogP contribution >= 0.6 is 0 Å². The van der Waals surface area contributed by atoms with E-state index < -0.39 is 5.97 Å². The van der Waals surface area contributed by atoms with Gasteiger partial charge in [-0.25, -0.2) is 4.79 Å². The van der Waals surface area contributed by atoms with E-state index in [1.807, 2.05) is 24.3 Å². The first kappa shape index (κ1) is 22.9. The molecule has 0 aromatic heterocycles. The van der Waals surface area contributed by atoms with Crippen LogP contribution in [0.3, 0.4) is 0 Å². The average molecular weight is 450 g/mol. The molecule has 0 N–H and O–H groups in total. The third-order valence-electron chi connectivity index (χ3n) is 5.49. The van der Waals surface area contributed by atoms with Gasteiger partial charge in [-0.3, -0.25) is 0 Å². The van der Waals surface area contributed by atoms with E-state index in [1.165, 1.54) is 11.1 Å². The summed E-state index contributed by atoms with van der Waals surface area (Å²) < 4.78 is 10.3. The van der Waals surface area contributed by atoms with Gasteiger partial charge in [0.1, 0.15) is 5.75 Å². The van der Waals surface area contributed by atoms with Crippen molar-refractivity contribution in [2.24, 2.45) is 0 Å². The Balaban J connectivity index is 1.55. The fourth-order valence-electron chi connectivity index (χ4n) is 3.60. The van der Waals surface area contributed by atoms with Gasteiger partial charge in [-0.2, -0.15) is 0 Å². The first-order chi connectivity index (χ1) is 16.5. The second-order valence-corrected chi connectivity index (χ2v) is 8.01. The lowest BCUT2D eigenvalue weighted by Crippen LogP contribution is -2.09. The maximum atomic E-state index is 11.1. The molecule has 0 aliphatic rings. The van der Waals surface area contributed by atoms with Gasteiger partial charge < -0.3 is 14.4 Å². The number of esters is 1. The van der Waals surface area contributed by atoms with Crippen LogP contribution in [0.15, 0.2) is 110 Å². The molecule has 0 spiro atoms. The molecule has 4 aromatic rings. The molecular weight excluding hydrogens is 422 g/mol. The summed E-state index contributed by atoms with van der Waals surface area (Å²) in [7, 11) is 0. The molecule has 0 heterocycles. The number of benzene rings is 4. The van der Waals surface area contributed by atoms with E-state index >= 15 is 0 Å². The van der Waals surface area contributed by atoms with Crippen molar-refractivity contribution in [1.82, 2.24) is 0 Å². The minimum Gasteiger partial charge on any atom is -0.457 e. The molecular formula is C30H27NO3. The molecule has 0 amide bonds. The Hall–Kier alpha value is -4.31. The second kappa shape index (κ2) is 10.5. The molecule has 0 bridgehead atoms. The highest BCUT2D eigenvalue weighted by Gasteiger charge is 2.12. The van der Waals surface area contributed by atoms with Crippen molar-refractivity contribution >= 4 is 23.0 Å². The van der Waals surface area contributed by atoms with Crippen LogP contribution in [-0.4, -0.2) is 12.8 Å². The highest BCUT2D eigenvalue weighted by atomic mass is 16.7. The molecule has 0 aliphatic heterocycles. The number of rotatable bonds is 8.